The number of benzene rings is 1. The molecule has 2 aromatic rings. The molecule has 1 aromatic carbocycles. The van der Waals surface area contributed by atoms with Gasteiger partial charge in [-0.2, -0.15) is 18.2 Å². The number of alkyl halides is 4. The average Bonchev–Trinajstić information content (AvgIpc) is 3.11. The molecule has 1 saturated heterocycles. The number of methoxy groups -OCH3 is 1. The second-order valence-electron chi connectivity index (χ2n) is 9.42. The average molecular weight is 526 g/mol. The number of nitrogens with one attached hydrogen (secondary N) is 2. The molecule has 1 aromatic heterocycles. The van der Waals surface area contributed by atoms with Gasteiger partial charge in [0.1, 0.15) is 17.0 Å². The van der Waals surface area contributed by atoms with E-state index in [0.29, 0.717) is 24.5 Å². The number of carbonyl (C=O) groups excluding carboxylic acids is 1. The fourth-order valence-corrected chi connectivity index (χ4v) is 3.91. The number of nitrogens with zero attached hydrogens (tertiary/aromatic N) is 2. The molecule has 0 radical (unpaired) electrons. The first-order valence-electron chi connectivity index (χ1n) is 11.9. The molecule has 0 aliphatic carbocycles. The molecule has 202 valence electrons. The third-order valence-electron chi connectivity index (χ3n) is 6.69. The van der Waals surface area contributed by atoms with Crippen LogP contribution in [0, 0.1) is 0 Å². The highest BCUT2D eigenvalue weighted by molar-refractivity contribution is 6.62. The molecule has 8 nitrogen and oxygen atoms in total. The maximum Gasteiger partial charge on any atom is 0.495 e. The minimum absolute atomic E-state index is 0.255. The van der Waals surface area contributed by atoms with Crippen LogP contribution in [0.4, 0.5) is 29.3 Å². The zero-order valence-corrected chi connectivity index (χ0v) is 21.6. The van der Waals surface area contributed by atoms with Crippen molar-refractivity contribution in [2.75, 3.05) is 17.7 Å². The Morgan fingerprint density at radius 1 is 1.16 bits per heavy atom. The van der Waals surface area contributed by atoms with Crippen LogP contribution in [0.5, 0.6) is 0 Å². The number of hydrogen-bond acceptors (Lipinski definition) is 8. The smallest absolute Gasteiger partial charge is 0.465 e. The summed E-state index contributed by atoms with van der Waals surface area (Å²) in [7, 11) is 0.233. The normalized spacial score (nSPS) is 20.1. The van der Waals surface area contributed by atoms with E-state index in [9.17, 15) is 18.0 Å². The monoisotopic (exact) mass is 526 g/mol. The Balaban J connectivity index is 1.87. The minimum atomic E-state index is -4.69. The van der Waals surface area contributed by atoms with E-state index in [1.54, 1.807) is 32.0 Å². The third-order valence-corrected chi connectivity index (χ3v) is 6.69. The zero-order chi connectivity index (χ0) is 27.6. The first kappa shape index (κ1) is 28.6. The quantitative estimate of drug-likeness (QED) is 0.213. The summed E-state index contributed by atoms with van der Waals surface area (Å²) in [6.45, 7) is 8.40. The van der Waals surface area contributed by atoms with Gasteiger partial charge in [0.15, 0.2) is 0 Å². The van der Waals surface area contributed by atoms with E-state index in [2.05, 4.69) is 20.6 Å². The fourth-order valence-electron chi connectivity index (χ4n) is 3.91. The Labute approximate surface area is 213 Å². The van der Waals surface area contributed by atoms with E-state index in [1.165, 1.54) is 20.1 Å². The number of halogens is 4. The summed E-state index contributed by atoms with van der Waals surface area (Å²) in [6.07, 6.45) is -4.91. The molecular formula is C24H31BF4N4O4. The molecule has 1 aliphatic rings. The highest BCUT2D eigenvalue weighted by Gasteiger charge is 2.59. The van der Waals surface area contributed by atoms with E-state index in [-0.39, 0.29) is 17.6 Å². The molecule has 0 saturated carbocycles. The standard InChI is InChI=1S/C24H31BF4N4O4/c1-7-16(8-2)31-18-17(24(27,28)29)13-30-21(32-18)33-20(26)23(5)22(3,4)36-25(37-23)15-11-9-10-14(12-15)19(34)35-6/h9-13,16,20H,7-8H2,1-6H3,(H2,30,31,32,33). The molecule has 1 fully saturated rings. The summed E-state index contributed by atoms with van der Waals surface area (Å²) in [6, 6.07) is 6.10. The van der Waals surface area contributed by atoms with Gasteiger partial charge in [0.05, 0.1) is 18.3 Å². The van der Waals surface area contributed by atoms with Crippen LogP contribution in [0.1, 0.15) is 63.4 Å². The van der Waals surface area contributed by atoms with Gasteiger partial charge >= 0.3 is 19.3 Å². The topological polar surface area (TPSA) is 94.6 Å². The molecule has 0 bridgehead atoms. The van der Waals surface area contributed by atoms with E-state index in [1.807, 2.05) is 13.8 Å². The van der Waals surface area contributed by atoms with Crippen LogP contribution >= 0.6 is 0 Å². The van der Waals surface area contributed by atoms with Crippen molar-refractivity contribution in [1.82, 2.24) is 9.97 Å². The third kappa shape index (κ3) is 5.98. The van der Waals surface area contributed by atoms with Gasteiger partial charge in [-0.1, -0.05) is 26.0 Å². The molecule has 2 unspecified atom stereocenters. The Morgan fingerprint density at radius 2 is 1.84 bits per heavy atom. The number of carbonyl (C=O) groups is 1. The van der Waals surface area contributed by atoms with Crippen LogP contribution < -0.4 is 16.1 Å². The molecule has 2 atom stereocenters. The van der Waals surface area contributed by atoms with Gasteiger partial charge in [-0.05, 0) is 51.2 Å². The van der Waals surface area contributed by atoms with Gasteiger partial charge in [0.25, 0.3) is 0 Å². The van der Waals surface area contributed by atoms with Crippen molar-refractivity contribution in [2.45, 2.75) is 77.2 Å². The molecular weight excluding hydrogens is 495 g/mol. The van der Waals surface area contributed by atoms with Crippen molar-refractivity contribution >= 4 is 30.3 Å². The summed E-state index contributed by atoms with van der Waals surface area (Å²) in [5, 5.41) is 5.23. The van der Waals surface area contributed by atoms with Crippen molar-refractivity contribution in [2.24, 2.45) is 0 Å². The molecule has 0 amide bonds. The predicted octanol–water partition coefficient (Wildman–Crippen LogP) is 4.57. The number of ether oxygens (including phenoxy) is 1. The Hall–Kier alpha value is -2.93. The van der Waals surface area contributed by atoms with Crippen molar-refractivity contribution in [3.05, 3.63) is 41.6 Å². The minimum Gasteiger partial charge on any atom is -0.465 e. The van der Waals surface area contributed by atoms with Crippen molar-refractivity contribution in [3.8, 4) is 0 Å². The van der Waals surface area contributed by atoms with Gasteiger partial charge in [-0.15, -0.1) is 0 Å². The maximum absolute atomic E-state index is 15.8. The van der Waals surface area contributed by atoms with Gasteiger partial charge in [0.2, 0.25) is 12.2 Å². The molecule has 3 rings (SSSR count). The number of aromatic nitrogens is 2. The van der Waals surface area contributed by atoms with Crippen LogP contribution in [-0.2, 0) is 20.2 Å². The van der Waals surface area contributed by atoms with Crippen molar-refractivity contribution < 1.29 is 36.4 Å². The highest BCUT2D eigenvalue weighted by Crippen LogP contribution is 2.41. The molecule has 1 aliphatic heterocycles. The number of anilines is 2. The van der Waals surface area contributed by atoms with Crippen LogP contribution in [0.15, 0.2) is 30.5 Å². The van der Waals surface area contributed by atoms with Crippen LogP contribution in [-0.4, -0.2) is 53.7 Å². The summed E-state index contributed by atoms with van der Waals surface area (Å²) in [4.78, 5) is 19.5. The summed E-state index contributed by atoms with van der Waals surface area (Å²) < 4.78 is 73.1. The maximum atomic E-state index is 15.8. The zero-order valence-electron chi connectivity index (χ0n) is 21.6. The van der Waals surface area contributed by atoms with Gasteiger partial charge in [0, 0.05) is 12.2 Å². The summed E-state index contributed by atoms with van der Waals surface area (Å²) in [5.74, 6) is -1.33. The summed E-state index contributed by atoms with van der Waals surface area (Å²) >= 11 is 0. The van der Waals surface area contributed by atoms with Crippen molar-refractivity contribution in [3.63, 3.8) is 0 Å². The molecule has 2 N–H and O–H groups in total. The number of esters is 1. The van der Waals surface area contributed by atoms with Gasteiger partial charge in [-0.3, -0.25) is 0 Å². The molecule has 13 heteroatoms. The Morgan fingerprint density at radius 3 is 2.43 bits per heavy atom. The second kappa shape index (κ2) is 10.8. The van der Waals surface area contributed by atoms with E-state index in [4.69, 9.17) is 14.0 Å². The molecule has 0 spiro atoms. The van der Waals surface area contributed by atoms with Crippen LogP contribution in [0.25, 0.3) is 0 Å². The van der Waals surface area contributed by atoms with Crippen molar-refractivity contribution in [1.29, 1.82) is 0 Å². The second-order valence-corrected chi connectivity index (χ2v) is 9.42. The van der Waals surface area contributed by atoms with Crippen LogP contribution in [0.3, 0.4) is 0 Å². The molecule has 2 heterocycles. The molecule has 37 heavy (non-hydrogen) atoms. The highest BCUT2D eigenvalue weighted by atomic mass is 19.4. The lowest BCUT2D eigenvalue weighted by molar-refractivity contribution is -0.137. The lowest BCUT2D eigenvalue weighted by atomic mass is 9.78. The van der Waals surface area contributed by atoms with E-state index < -0.39 is 48.1 Å². The van der Waals surface area contributed by atoms with Gasteiger partial charge in [-0.25, -0.2) is 14.2 Å². The number of rotatable bonds is 9. The first-order valence-corrected chi connectivity index (χ1v) is 11.9. The van der Waals surface area contributed by atoms with E-state index >= 15 is 4.39 Å². The first-order chi connectivity index (χ1) is 17.3. The predicted molar refractivity (Wildman–Crippen MR) is 131 cm³/mol. The Bertz CT molecular complexity index is 1120. The van der Waals surface area contributed by atoms with Crippen LogP contribution in [0.2, 0.25) is 0 Å². The lowest BCUT2D eigenvalue weighted by Crippen LogP contribution is -2.55. The number of hydrogen-bond donors (Lipinski definition) is 2. The fraction of sp³-hybridized carbons (Fsp3) is 0.542. The SMILES string of the molecule is CCC(CC)Nc1nc(NC(F)C2(C)OB(c3cccc(C(=O)OC)c3)OC2(C)C)ncc1C(F)(F)F. The largest absolute Gasteiger partial charge is 0.495 e. The van der Waals surface area contributed by atoms with Gasteiger partial charge < -0.3 is 24.7 Å². The Kier molecular flexibility index (Phi) is 8.38. The van der Waals surface area contributed by atoms with E-state index in [0.717, 1.165) is 0 Å². The summed E-state index contributed by atoms with van der Waals surface area (Å²) in [5.41, 5.74) is -3.13. The lowest BCUT2D eigenvalue weighted by Gasteiger charge is -2.38.